The fourth-order valence-electron chi connectivity index (χ4n) is 2.40. The van der Waals surface area contributed by atoms with Crippen molar-refractivity contribution in [1.82, 2.24) is 10.9 Å². The lowest BCUT2D eigenvalue weighted by atomic mass is 10.1. The lowest BCUT2D eigenvalue weighted by Gasteiger charge is -2.09. The van der Waals surface area contributed by atoms with Gasteiger partial charge in [0.15, 0.2) is 0 Å². The van der Waals surface area contributed by atoms with Gasteiger partial charge in [-0.15, -0.1) is 0 Å². The van der Waals surface area contributed by atoms with Crippen molar-refractivity contribution in [3.05, 3.63) is 29.8 Å². The van der Waals surface area contributed by atoms with Gasteiger partial charge in [0.1, 0.15) is 5.75 Å². The second-order valence-electron chi connectivity index (χ2n) is 5.70. The fraction of sp³-hybridized carbons (Fsp3) is 0.529. The van der Waals surface area contributed by atoms with Crippen molar-refractivity contribution in [3.8, 4) is 5.75 Å². The van der Waals surface area contributed by atoms with Crippen molar-refractivity contribution < 1.29 is 14.3 Å². The van der Waals surface area contributed by atoms with E-state index in [1.54, 1.807) is 7.11 Å². The first-order valence-corrected chi connectivity index (χ1v) is 10.5. The Balaban J connectivity index is 1.55. The minimum atomic E-state index is -0.229. The molecule has 2 N–H and O–H groups in total. The highest BCUT2D eigenvalue weighted by atomic mass is 33.1. The molecule has 5 nitrogen and oxygen atoms in total. The average molecular weight is 369 g/mol. The number of hydrazine groups is 1. The van der Waals surface area contributed by atoms with Crippen molar-refractivity contribution in [1.29, 1.82) is 0 Å². The Labute approximate surface area is 151 Å². The monoisotopic (exact) mass is 368 g/mol. The Hall–Kier alpha value is -1.34. The van der Waals surface area contributed by atoms with Crippen LogP contribution in [0.5, 0.6) is 5.75 Å². The number of nitrogens with one attached hydrogen (secondary N) is 2. The zero-order chi connectivity index (χ0) is 17.2. The van der Waals surface area contributed by atoms with Crippen LogP contribution < -0.4 is 15.6 Å². The summed E-state index contributed by atoms with van der Waals surface area (Å²) in [6.07, 6.45) is 5.05. The molecule has 132 valence electrons. The zero-order valence-electron chi connectivity index (χ0n) is 13.9. The molecule has 7 heteroatoms. The van der Waals surface area contributed by atoms with E-state index in [0.717, 1.165) is 29.4 Å². The van der Waals surface area contributed by atoms with E-state index < -0.39 is 0 Å². The van der Waals surface area contributed by atoms with E-state index >= 15 is 0 Å². The SMILES string of the molecule is COc1ccc(CC(=O)NNC(=O)CCCCC2CCSS2)cc1. The highest BCUT2D eigenvalue weighted by Gasteiger charge is 2.15. The first-order valence-electron chi connectivity index (χ1n) is 8.16. The summed E-state index contributed by atoms with van der Waals surface area (Å²) in [5.41, 5.74) is 5.82. The molecule has 2 rings (SSSR count). The van der Waals surface area contributed by atoms with Crippen LogP contribution in [0.4, 0.5) is 0 Å². The van der Waals surface area contributed by atoms with E-state index in [1.165, 1.54) is 18.6 Å². The molecule has 1 aliphatic rings. The predicted octanol–water partition coefficient (Wildman–Crippen LogP) is 3.10. The first kappa shape index (κ1) is 19.0. The van der Waals surface area contributed by atoms with E-state index in [9.17, 15) is 9.59 Å². The third-order valence-electron chi connectivity index (χ3n) is 3.77. The highest BCUT2D eigenvalue weighted by Crippen LogP contribution is 2.39. The number of rotatable bonds is 8. The van der Waals surface area contributed by atoms with Gasteiger partial charge in [-0.3, -0.25) is 20.4 Å². The Bertz CT molecular complexity index is 531. The summed E-state index contributed by atoms with van der Waals surface area (Å²) in [5.74, 6) is 1.64. The summed E-state index contributed by atoms with van der Waals surface area (Å²) in [7, 11) is 5.51. The molecule has 24 heavy (non-hydrogen) atoms. The standard InChI is InChI=1S/C17H24N2O3S2/c1-22-14-8-6-13(7-9-14)12-17(21)19-18-16(20)5-3-2-4-15-10-11-23-24-15/h6-9,15H,2-5,10-12H2,1H3,(H,18,20)(H,19,21). The lowest BCUT2D eigenvalue weighted by molar-refractivity contribution is -0.128. The maximum Gasteiger partial charge on any atom is 0.242 e. The van der Waals surface area contributed by atoms with Crippen LogP contribution in [-0.2, 0) is 16.0 Å². The van der Waals surface area contributed by atoms with Gasteiger partial charge in [0, 0.05) is 17.4 Å². The first-order chi connectivity index (χ1) is 11.7. The molecule has 0 saturated carbocycles. The lowest BCUT2D eigenvalue weighted by Crippen LogP contribution is -2.42. The summed E-state index contributed by atoms with van der Waals surface area (Å²) >= 11 is 0. The van der Waals surface area contributed by atoms with Crippen LogP contribution in [0.2, 0.25) is 0 Å². The van der Waals surface area contributed by atoms with Crippen LogP contribution in [0, 0.1) is 0 Å². The molecule has 1 unspecified atom stereocenters. The molecule has 0 radical (unpaired) electrons. The number of hydrogen-bond donors (Lipinski definition) is 2. The van der Waals surface area contributed by atoms with Gasteiger partial charge in [-0.1, -0.05) is 40.1 Å². The topological polar surface area (TPSA) is 67.4 Å². The van der Waals surface area contributed by atoms with E-state index in [2.05, 4.69) is 10.9 Å². The maximum absolute atomic E-state index is 11.8. The summed E-state index contributed by atoms with van der Waals surface area (Å²) in [6.45, 7) is 0. The highest BCUT2D eigenvalue weighted by molar-refractivity contribution is 8.77. The van der Waals surface area contributed by atoms with Gasteiger partial charge in [0.05, 0.1) is 13.5 Å². The Kier molecular flexibility index (Phi) is 8.32. The quantitative estimate of drug-likeness (QED) is 0.419. The van der Waals surface area contributed by atoms with Crippen LogP contribution in [0.25, 0.3) is 0 Å². The third kappa shape index (κ3) is 7.05. The summed E-state index contributed by atoms with van der Waals surface area (Å²) in [5, 5.41) is 0.752. The molecular weight excluding hydrogens is 344 g/mol. The number of hydrogen-bond acceptors (Lipinski definition) is 5. The van der Waals surface area contributed by atoms with Gasteiger partial charge >= 0.3 is 0 Å². The van der Waals surface area contributed by atoms with Crippen molar-refractivity contribution >= 4 is 33.4 Å². The minimum absolute atomic E-state index is 0.133. The maximum atomic E-state index is 11.8. The molecule has 1 aliphatic heterocycles. The van der Waals surface area contributed by atoms with Crippen LogP contribution in [0.3, 0.4) is 0 Å². The Morgan fingerprint density at radius 3 is 2.58 bits per heavy atom. The number of benzene rings is 1. The van der Waals surface area contributed by atoms with Crippen molar-refractivity contribution in [3.63, 3.8) is 0 Å². The van der Waals surface area contributed by atoms with Crippen molar-refractivity contribution in [2.45, 2.75) is 43.8 Å². The predicted molar refractivity (Wildman–Crippen MR) is 99.9 cm³/mol. The van der Waals surface area contributed by atoms with Gasteiger partial charge in [0.25, 0.3) is 0 Å². The minimum Gasteiger partial charge on any atom is -0.497 e. The molecule has 1 heterocycles. The average Bonchev–Trinajstić information content (AvgIpc) is 3.11. The molecule has 1 aromatic rings. The molecule has 0 bridgehead atoms. The van der Waals surface area contributed by atoms with Gasteiger partial charge < -0.3 is 4.74 Å². The number of carbonyl (C=O) groups excluding carboxylic acids is 2. The Morgan fingerprint density at radius 2 is 1.92 bits per heavy atom. The normalized spacial score (nSPS) is 16.6. The molecule has 0 aromatic heterocycles. The summed E-state index contributed by atoms with van der Waals surface area (Å²) in [6, 6.07) is 7.28. The van der Waals surface area contributed by atoms with E-state index in [4.69, 9.17) is 4.74 Å². The fourth-order valence-corrected chi connectivity index (χ4v) is 5.42. The van der Waals surface area contributed by atoms with Crippen LogP contribution in [-0.4, -0.2) is 29.9 Å². The molecule has 1 atom stereocenters. The van der Waals surface area contributed by atoms with E-state index in [-0.39, 0.29) is 18.2 Å². The second-order valence-corrected chi connectivity index (χ2v) is 8.48. The van der Waals surface area contributed by atoms with Gasteiger partial charge in [-0.2, -0.15) is 0 Å². The number of amides is 2. The van der Waals surface area contributed by atoms with Gasteiger partial charge in [-0.25, -0.2) is 0 Å². The Morgan fingerprint density at radius 1 is 1.17 bits per heavy atom. The molecule has 1 saturated heterocycles. The second kappa shape index (κ2) is 10.5. The van der Waals surface area contributed by atoms with E-state index in [1.807, 2.05) is 45.9 Å². The largest absolute Gasteiger partial charge is 0.497 e. The number of ether oxygens (including phenoxy) is 1. The smallest absolute Gasteiger partial charge is 0.242 e. The summed E-state index contributed by atoms with van der Waals surface area (Å²) in [4.78, 5) is 23.5. The third-order valence-corrected chi connectivity index (χ3v) is 6.78. The zero-order valence-corrected chi connectivity index (χ0v) is 15.5. The van der Waals surface area contributed by atoms with Gasteiger partial charge in [-0.05, 0) is 37.0 Å². The number of methoxy groups -OCH3 is 1. The molecule has 0 spiro atoms. The van der Waals surface area contributed by atoms with Crippen LogP contribution in [0.1, 0.15) is 37.7 Å². The van der Waals surface area contributed by atoms with Crippen LogP contribution in [0.15, 0.2) is 24.3 Å². The van der Waals surface area contributed by atoms with Crippen molar-refractivity contribution in [2.24, 2.45) is 0 Å². The van der Waals surface area contributed by atoms with E-state index in [0.29, 0.717) is 6.42 Å². The van der Waals surface area contributed by atoms with Crippen LogP contribution >= 0.6 is 21.6 Å². The molecule has 1 aromatic carbocycles. The molecule has 0 aliphatic carbocycles. The number of carbonyl (C=O) groups is 2. The van der Waals surface area contributed by atoms with Gasteiger partial charge in [0.2, 0.25) is 11.8 Å². The molecule has 2 amide bonds. The molecular formula is C17H24N2O3S2. The molecule has 1 fully saturated rings. The number of unbranched alkanes of at least 4 members (excludes halogenated alkanes) is 1. The van der Waals surface area contributed by atoms with Crippen molar-refractivity contribution in [2.75, 3.05) is 12.9 Å². The summed E-state index contributed by atoms with van der Waals surface area (Å²) < 4.78 is 5.07.